The lowest BCUT2D eigenvalue weighted by Crippen LogP contribution is -2.53. The van der Waals surface area contributed by atoms with Crippen LogP contribution in [0.3, 0.4) is 0 Å². The fourth-order valence-electron chi connectivity index (χ4n) is 1.63. The summed E-state index contributed by atoms with van der Waals surface area (Å²) in [4.78, 5) is 0. The van der Waals surface area contributed by atoms with Crippen LogP contribution in [0.5, 0.6) is 0 Å². The van der Waals surface area contributed by atoms with Gasteiger partial charge in [0.1, 0.15) is 0 Å². The molecule has 0 aromatic rings. The van der Waals surface area contributed by atoms with Gasteiger partial charge in [0.05, 0.1) is 0 Å². The fraction of sp³-hybridized carbons (Fsp3) is 1.00. The fourth-order valence-corrected chi connectivity index (χ4v) is 15.3. The second-order valence-electron chi connectivity index (χ2n) is 5.30. The zero-order valence-corrected chi connectivity index (χ0v) is 19.2. The summed E-state index contributed by atoms with van der Waals surface area (Å²) in [5, 5.41) is 0. The first kappa shape index (κ1) is 20.6. The van der Waals surface area contributed by atoms with Crippen LogP contribution in [0.15, 0.2) is 0 Å². The van der Waals surface area contributed by atoms with Crippen molar-refractivity contribution in [3.8, 4) is 0 Å². The van der Waals surface area contributed by atoms with Crippen molar-refractivity contribution in [2.24, 2.45) is 0 Å². The molecule has 0 bridgehead atoms. The van der Waals surface area contributed by atoms with Crippen molar-refractivity contribution < 1.29 is 12.3 Å². The van der Waals surface area contributed by atoms with Crippen LogP contribution >= 0.6 is 34.8 Å². The topological polar surface area (TPSA) is 27.7 Å². The van der Waals surface area contributed by atoms with E-state index in [4.69, 9.17) is 47.1 Å². The molecule has 0 aromatic carbocycles. The van der Waals surface area contributed by atoms with Crippen LogP contribution in [0.2, 0.25) is 45.3 Å². The van der Waals surface area contributed by atoms with Gasteiger partial charge in [-0.05, 0) is 45.7 Å². The molecule has 0 fully saturated rings. The van der Waals surface area contributed by atoms with Crippen molar-refractivity contribution >= 4 is 70.7 Å². The molecule has 0 aliphatic carbocycles. The molecule has 0 spiro atoms. The van der Waals surface area contributed by atoms with Gasteiger partial charge in [0.25, 0.3) is 0 Å². The highest BCUT2D eigenvalue weighted by atomic mass is 35.6. The largest absolute Gasteiger partial charge is 0.469 e. The van der Waals surface area contributed by atoms with E-state index in [0.29, 0.717) is 12.5 Å². The molecule has 0 saturated heterocycles. The molecule has 0 unspecified atom stereocenters. The Bertz CT molecular complexity index is 235. The average molecular weight is 400 g/mol. The molecule has 19 heavy (non-hydrogen) atoms. The Balaban J connectivity index is 4.98. The molecule has 0 rings (SSSR count). The van der Waals surface area contributed by atoms with Crippen LogP contribution < -0.4 is 0 Å². The lowest BCUT2D eigenvalue weighted by Gasteiger charge is -2.36. The van der Waals surface area contributed by atoms with Crippen molar-refractivity contribution in [3.05, 3.63) is 0 Å². The molecule has 0 aliphatic rings. The third kappa shape index (κ3) is 10.9. The van der Waals surface area contributed by atoms with Gasteiger partial charge in [0, 0.05) is 6.04 Å². The van der Waals surface area contributed by atoms with Gasteiger partial charge in [-0.1, -0.05) is 34.8 Å². The molecular formula is C9H25Cl3O3Si4. The summed E-state index contributed by atoms with van der Waals surface area (Å²) in [6.07, 6.45) is 0.410. The number of hydrogen-bond donors (Lipinski definition) is 0. The molecule has 10 heteroatoms. The Labute approximate surface area is 138 Å². The Morgan fingerprint density at radius 2 is 1.11 bits per heavy atom. The summed E-state index contributed by atoms with van der Waals surface area (Å²) in [5.74, 6) is 0. The smallest absolute Gasteiger partial charge is 0.420 e. The third-order valence-electron chi connectivity index (χ3n) is 1.96. The summed E-state index contributed by atoms with van der Waals surface area (Å²) >= 11 is 17.6. The van der Waals surface area contributed by atoms with E-state index in [-0.39, 0.29) is 0 Å². The molecular weight excluding hydrogens is 375 g/mol. The number of rotatable bonds is 8. The van der Waals surface area contributed by atoms with Gasteiger partial charge in [-0.15, -0.1) is 0 Å². The third-order valence-corrected chi connectivity index (χ3v) is 13.4. The summed E-state index contributed by atoms with van der Waals surface area (Å²) in [5.41, 5.74) is 0. The second kappa shape index (κ2) is 8.91. The maximum atomic E-state index is 6.18. The maximum Gasteiger partial charge on any atom is 0.469 e. The van der Waals surface area contributed by atoms with Crippen LogP contribution in [0, 0.1) is 0 Å². The summed E-state index contributed by atoms with van der Waals surface area (Å²) < 4.78 is 17.3. The first-order valence-electron chi connectivity index (χ1n) is 6.56. The van der Waals surface area contributed by atoms with Crippen molar-refractivity contribution in [2.45, 2.75) is 55.5 Å². The highest BCUT2D eigenvalue weighted by Gasteiger charge is 2.44. The van der Waals surface area contributed by atoms with Crippen LogP contribution in [-0.2, 0) is 12.3 Å². The predicted octanol–water partition coefficient (Wildman–Crippen LogP) is 3.69. The first-order chi connectivity index (χ1) is 8.46. The summed E-state index contributed by atoms with van der Waals surface area (Å²) in [6, 6.07) is 0.588. The highest BCUT2D eigenvalue weighted by Crippen LogP contribution is 2.35. The number of alkyl halides is 3. The lowest BCUT2D eigenvalue weighted by molar-refractivity contribution is 0.267. The Hall–Kier alpha value is 1.62. The summed E-state index contributed by atoms with van der Waals surface area (Å²) in [7, 11) is -6.48. The van der Waals surface area contributed by atoms with Gasteiger partial charge in [-0.3, -0.25) is 0 Å². The van der Waals surface area contributed by atoms with E-state index in [9.17, 15) is 0 Å². The second-order valence-corrected chi connectivity index (χ2v) is 18.8. The maximum absolute atomic E-state index is 6.18. The highest BCUT2D eigenvalue weighted by molar-refractivity contribution is 6.80. The van der Waals surface area contributed by atoms with E-state index in [2.05, 4.69) is 39.3 Å². The minimum atomic E-state index is -2.66. The van der Waals surface area contributed by atoms with Gasteiger partial charge < -0.3 is 12.3 Å². The monoisotopic (exact) mass is 398 g/mol. The van der Waals surface area contributed by atoms with E-state index in [0.717, 1.165) is 0 Å². The van der Waals surface area contributed by atoms with Crippen LogP contribution in [0.1, 0.15) is 6.42 Å². The molecule has 0 radical (unpaired) electrons. The van der Waals surface area contributed by atoms with Crippen molar-refractivity contribution in [1.29, 1.82) is 0 Å². The van der Waals surface area contributed by atoms with Crippen molar-refractivity contribution in [2.75, 3.05) is 0 Å². The SMILES string of the molecule is C[SiH](C)O[Si](CCC(Cl)(Cl)Cl)(O[SiH](C)C)O[SiH](C)C. The first-order valence-corrected chi connectivity index (χ1v) is 18.0. The normalized spacial score (nSPS) is 13.9. The van der Waals surface area contributed by atoms with Crippen molar-refractivity contribution in [1.82, 2.24) is 0 Å². The molecule has 0 atom stereocenters. The van der Waals surface area contributed by atoms with Gasteiger partial charge in [0.2, 0.25) is 0 Å². The molecule has 0 amide bonds. The van der Waals surface area contributed by atoms with Crippen LogP contribution in [0.25, 0.3) is 0 Å². The number of halogens is 3. The Morgan fingerprint density at radius 3 is 1.32 bits per heavy atom. The quantitative estimate of drug-likeness (QED) is 0.460. The van der Waals surface area contributed by atoms with E-state index in [1.54, 1.807) is 0 Å². The van der Waals surface area contributed by atoms with Gasteiger partial charge >= 0.3 is 8.80 Å². The minimum absolute atomic E-state index is 0.410. The Kier molecular flexibility index (Phi) is 9.67. The van der Waals surface area contributed by atoms with E-state index < -0.39 is 39.7 Å². The van der Waals surface area contributed by atoms with Crippen molar-refractivity contribution in [3.63, 3.8) is 0 Å². The molecule has 0 aromatic heterocycles. The van der Waals surface area contributed by atoms with E-state index >= 15 is 0 Å². The van der Waals surface area contributed by atoms with Crippen LogP contribution in [0.4, 0.5) is 0 Å². The molecule has 0 saturated carbocycles. The van der Waals surface area contributed by atoms with Gasteiger partial charge in [0.15, 0.2) is 30.9 Å². The van der Waals surface area contributed by atoms with E-state index in [1.807, 2.05) is 0 Å². The molecule has 0 N–H and O–H groups in total. The Morgan fingerprint density at radius 1 is 0.789 bits per heavy atom. The molecule has 0 heterocycles. The average Bonchev–Trinajstić information content (AvgIpc) is 2.09. The zero-order chi connectivity index (χ0) is 15.3. The van der Waals surface area contributed by atoms with Crippen LogP contribution in [-0.4, -0.2) is 39.7 Å². The molecule has 116 valence electrons. The van der Waals surface area contributed by atoms with E-state index in [1.165, 1.54) is 0 Å². The summed E-state index contributed by atoms with van der Waals surface area (Å²) in [6.45, 7) is 12.7. The van der Waals surface area contributed by atoms with Gasteiger partial charge in [-0.2, -0.15) is 0 Å². The predicted molar refractivity (Wildman–Crippen MR) is 95.4 cm³/mol. The molecule has 3 nitrogen and oxygen atoms in total. The lowest BCUT2D eigenvalue weighted by atomic mass is 10.6. The minimum Gasteiger partial charge on any atom is -0.420 e. The standard InChI is InChI=1S/C9H25Cl3O3Si4/c1-16(2)13-19(14-17(3)4,15-18(5)6)8-7-9(10,11)12/h16-18H,7-8H2,1-6H3. The molecule has 0 aliphatic heterocycles. The number of hydrogen-bond acceptors (Lipinski definition) is 3. The van der Waals surface area contributed by atoms with Gasteiger partial charge in [-0.25, -0.2) is 0 Å². The zero-order valence-electron chi connectivity index (χ0n) is 12.5.